The first-order valence-corrected chi connectivity index (χ1v) is 7.85. The van der Waals surface area contributed by atoms with Gasteiger partial charge in [-0.25, -0.2) is 18.1 Å². The second-order valence-corrected chi connectivity index (χ2v) is 6.08. The summed E-state index contributed by atoms with van der Waals surface area (Å²) < 4.78 is 26.0. The average molecular weight is 308 g/mol. The van der Waals surface area contributed by atoms with E-state index in [4.69, 9.17) is 0 Å². The summed E-state index contributed by atoms with van der Waals surface area (Å²) in [5.41, 5.74) is 0.903. The van der Waals surface area contributed by atoms with Gasteiger partial charge in [0, 0.05) is 24.9 Å². The number of benzene rings is 1. The molecule has 8 heteroatoms. The maximum atomic E-state index is 11.9. The molecule has 1 amide bonds. The van der Waals surface area contributed by atoms with Gasteiger partial charge < -0.3 is 10.3 Å². The third kappa shape index (κ3) is 4.69. The molecule has 0 radical (unpaired) electrons. The molecule has 0 atom stereocenters. The molecule has 0 aliphatic rings. The predicted molar refractivity (Wildman–Crippen MR) is 76.9 cm³/mol. The van der Waals surface area contributed by atoms with Gasteiger partial charge in [0.05, 0.1) is 17.8 Å². The predicted octanol–water partition coefficient (Wildman–Crippen LogP) is 0.0469. The van der Waals surface area contributed by atoms with Gasteiger partial charge >= 0.3 is 0 Å². The summed E-state index contributed by atoms with van der Waals surface area (Å²) in [6.45, 7) is 0.119. The van der Waals surface area contributed by atoms with E-state index < -0.39 is 10.0 Å². The SMILES string of the molecule is O=C(CNS(=O)(=O)c1ccccc1)NCCc1cnc[nH]1. The summed E-state index contributed by atoms with van der Waals surface area (Å²) in [7, 11) is -3.65. The third-order valence-electron chi connectivity index (χ3n) is 2.75. The quantitative estimate of drug-likeness (QED) is 0.672. The normalized spacial score (nSPS) is 11.2. The Morgan fingerprint density at radius 2 is 2.00 bits per heavy atom. The molecule has 0 bridgehead atoms. The summed E-state index contributed by atoms with van der Waals surface area (Å²) in [5.74, 6) is -0.381. The highest BCUT2D eigenvalue weighted by Crippen LogP contribution is 2.06. The number of amides is 1. The third-order valence-corrected chi connectivity index (χ3v) is 4.16. The van der Waals surface area contributed by atoms with Crippen molar-refractivity contribution < 1.29 is 13.2 Å². The van der Waals surface area contributed by atoms with E-state index in [-0.39, 0.29) is 17.3 Å². The highest BCUT2D eigenvalue weighted by molar-refractivity contribution is 7.89. The van der Waals surface area contributed by atoms with Gasteiger partial charge in [-0.15, -0.1) is 0 Å². The molecule has 112 valence electrons. The van der Waals surface area contributed by atoms with Crippen LogP contribution in [0.1, 0.15) is 5.69 Å². The molecule has 0 aliphatic carbocycles. The summed E-state index contributed by atoms with van der Waals surface area (Å²) in [5, 5.41) is 2.63. The van der Waals surface area contributed by atoms with Crippen LogP contribution in [0.25, 0.3) is 0 Å². The number of imidazole rings is 1. The summed E-state index contributed by atoms with van der Waals surface area (Å²) in [6, 6.07) is 7.91. The largest absolute Gasteiger partial charge is 0.355 e. The number of sulfonamides is 1. The van der Waals surface area contributed by atoms with Crippen LogP contribution in [0.2, 0.25) is 0 Å². The Labute approximate surface area is 122 Å². The minimum atomic E-state index is -3.65. The molecule has 0 spiro atoms. The fraction of sp³-hybridized carbons (Fsp3) is 0.231. The van der Waals surface area contributed by atoms with Crippen LogP contribution in [0.5, 0.6) is 0 Å². The Balaban J connectivity index is 1.76. The number of aromatic nitrogens is 2. The Hall–Kier alpha value is -2.19. The van der Waals surface area contributed by atoms with Gasteiger partial charge in [0.25, 0.3) is 0 Å². The van der Waals surface area contributed by atoms with Crippen molar-refractivity contribution in [1.82, 2.24) is 20.0 Å². The molecule has 21 heavy (non-hydrogen) atoms. The van der Waals surface area contributed by atoms with Crippen molar-refractivity contribution in [2.24, 2.45) is 0 Å². The second-order valence-electron chi connectivity index (χ2n) is 4.31. The molecule has 7 nitrogen and oxygen atoms in total. The highest BCUT2D eigenvalue weighted by atomic mass is 32.2. The minimum absolute atomic E-state index is 0.134. The van der Waals surface area contributed by atoms with Crippen LogP contribution in [0.3, 0.4) is 0 Å². The number of aromatic amines is 1. The van der Waals surface area contributed by atoms with E-state index in [1.807, 2.05) is 0 Å². The number of nitrogens with zero attached hydrogens (tertiary/aromatic N) is 1. The van der Waals surface area contributed by atoms with Crippen molar-refractivity contribution in [3.8, 4) is 0 Å². The molecule has 3 N–H and O–H groups in total. The van der Waals surface area contributed by atoms with Crippen LogP contribution in [-0.4, -0.2) is 37.4 Å². The van der Waals surface area contributed by atoms with Crippen LogP contribution in [0, 0.1) is 0 Å². The fourth-order valence-corrected chi connectivity index (χ4v) is 2.67. The molecule has 1 aromatic heterocycles. The Bertz CT molecular complexity index is 669. The van der Waals surface area contributed by atoms with E-state index in [9.17, 15) is 13.2 Å². The van der Waals surface area contributed by atoms with Gasteiger partial charge in [0.1, 0.15) is 0 Å². The molecule has 0 saturated heterocycles. The van der Waals surface area contributed by atoms with E-state index in [0.29, 0.717) is 13.0 Å². The molecule has 2 aromatic rings. The standard InChI is InChI=1S/C13H16N4O3S/c18-13(15-7-6-11-8-14-10-16-11)9-17-21(19,20)12-4-2-1-3-5-12/h1-5,8,10,17H,6-7,9H2,(H,14,16)(H,15,18). The van der Waals surface area contributed by atoms with Crippen molar-refractivity contribution in [2.45, 2.75) is 11.3 Å². The molecular weight excluding hydrogens is 292 g/mol. The van der Waals surface area contributed by atoms with Gasteiger partial charge in [0.2, 0.25) is 15.9 Å². The first kappa shape index (κ1) is 15.2. The number of carbonyl (C=O) groups excluding carboxylic acids is 1. The van der Waals surface area contributed by atoms with Crippen LogP contribution in [0.15, 0.2) is 47.8 Å². The molecular formula is C13H16N4O3S. The maximum absolute atomic E-state index is 11.9. The van der Waals surface area contributed by atoms with Crippen LogP contribution in [0.4, 0.5) is 0 Å². The lowest BCUT2D eigenvalue weighted by atomic mass is 10.3. The van der Waals surface area contributed by atoms with Gasteiger partial charge in [-0.3, -0.25) is 4.79 Å². The molecule has 0 fully saturated rings. The molecule has 0 unspecified atom stereocenters. The Morgan fingerprint density at radius 3 is 2.67 bits per heavy atom. The zero-order chi connectivity index (χ0) is 15.1. The van der Waals surface area contributed by atoms with Crippen molar-refractivity contribution in [2.75, 3.05) is 13.1 Å². The zero-order valence-electron chi connectivity index (χ0n) is 11.2. The van der Waals surface area contributed by atoms with Crippen molar-refractivity contribution in [3.63, 3.8) is 0 Å². The monoisotopic (exact) mass is 308 g/mol. The first-order chi connectivity index (χ1) is 10.1. The number of carbonyl (C=O) groups is 1. The van der Waals surface area contributed by atoms with E-state index in [1.165, 1.54) is 12.1 Å². The van der Waals surface area contributed by atoms with Gasteiger partial charge in [-0.05, 0) is 12.1 Å². The highest BCUT2D eigenvalue weighted by Gasteiger charge is 2.14. The number of hydrogen-bond donors (Lipinski definition) is 3. The topological polar surface area (TPSA) is 104 Å². The molecule has 0 aliphatic heterocycles. The molecule has 0 saturated carbocycles. The van der Waals surface area contributed by atoms with Gasteiger partial charge in [-0.1, -0.05) is 18.2 Å². The van der Waals surface area contributed by atoms with Crippen molar-refractivity contribution >= 4 is 15.9 Å². The average Bonchev–Trinajstić information content (AvgIpc) is 2.99. The number of H-pyrrole nitrogens is 1. The minimum Gasteiger partial charge on any atom is -0.355 e. The smallest absolute Gasteiger partial charge is 0.241 e. The van der Waals surface area contributed by atoms with Crippen molar-refractivity contribution in [1.29, 1.82) is 0 Å². The van der Waals surface area contributed by atoms with E-state index in [1.54, 1.807) is 30.7 Å². The van der Waals surface area contributed by atoms with Gasteiger partial charge in [-0.2, -0.15) is 0 Å². The lowest BCUT2D eigenvalue weighted by molar-refractivity contribution is -0.119. The van der Waals surface area contributed by atoms with Crippen molar-refractivity contribution in [3.05, 3.63) is 48.5 Å². The maximum Gasteiger partial charge on any atom is 0.241 e. The number of nitrogens with one attached hydrogen (secondary N) is 3. The molecule has 2 rings (SSSR count). The second kappa shape index (κ2) is 7.00. The summed E-state index contributed by atoms with van der Waals surface area (Å²) >= 11 is 0. The number of hydrogen-bond acceptors (Lipinski definition) is 4. The first-order valence-electron chi connectivity index (χ1n) is 6.36. The zero-order valence-corrected chi connectivity index (χ0v) is 12.1. The van der Waals surface area contributed by atoms with Crippen LogP contribution >= 0.6 is 0 Å². The van der Waals surface area contributed by atoms with Crippen LogP contribution in [-0.2, 0) is 21.2 Å². The Morgan fingerprint density at radius 1 is 1.24 bits per heavy atom. The van der Waals surface area contributed by atoms with Gasteiger partial charge in [0.15, 0.2) is 0 Å². The van der Waals surface area contributed by atoms with E-state index >= 15 is 0 Å². The Kier molecular flexibility index (Phi) is 5.07. The molecule has 1 aromatic carbocycles. The summed E-state index contributed by atoms with van der Waals surface area (Å²) in [4.78, 5) is 18.5. The van der Waals surface area contributed by atoms with Crippen LogP contribution < -0.4 is 10.0 Å². The molecule has 1 heterocycles. The number of rotatable bonds is 7. The lowest BCUT2D eigenvalue weighted by Crippen LogP contribution is -2.37. The summed E-state index contributed by atoms with van der Waals surface area (Å²) in [6.07, 6.45) is 3.84. The fourth-order valence-electron chi connectivity index (χ4n) is 1.66. The van der Waals surface area contributed by atoms with E-state index in [0.717, 1.165) is 5.69 Å². The van der Waals surface area contributed by atoms with E-state index in [2.05, 4.69) is 20.0 Å². The lowest BCUT2D eigenvalue weighted by Gasteiger charge is -2.07.